The number of methoxy groups -OCH3 is 1. The van der Waals surface area contributed by atoms with E-state index in [1.165, 1.54) is 7.11 Å². The highest BCUT2D eigenvalue weighted by Gasteiger charge is 2.11. The number of carbonyl (C=O) groups is 1. The SMILES string of the molecule is COC(=O)Cc1ccc(OCCC(C)C)cc1OCc1ccccc1. The molecule has 0 heterocycles. The van der Waals surface area contributed by atoms with Gasteiger partial charge in [0.2, 0.25) is 0 Å². The average molecular weight is 342 g/mol. The molecule has 134 valence electrons. The van der Waals surface area contributed by atoms with Gasteiger partial charge >= 0.3 is 5.97 Å². The lowest BCUT2D eigenvalue weighted by atomic mass is 10.1. The minimum atomic E-state index is -0.293. The van der Waals surface area contributed by atoms with Gasteiger partial charge in [-0.15, -0.1) is 0 Å². The second-order valence-corrected chi connectivity index (χ2v) is 6.33. The van der Waals surface area contributed by atoms with Crippen molar-refractivity contribution in [3.63, 3.8) is 0 Å². The van der Waals surface area contributed by atoms with Crippen molar-refractivity contribution in [2.45, 2.75) is 33.3 Å². The molecule has 0 unspecified atom stereocenters. The van der Waals surface area contributed by atoms with E-state index in [2.05, 4.69) is 13.8 Å². The van der Waals surface area contributed by atoms with Crippen molar-refractivity contribution >= 4 is 5.97 Å². The maximum Gasteiger partial charge on any atom is 0.310 e. The average Bonchev–Trinajstić information content (AvgIpc) is 2.62. The summed E-state index contributed by atoms with van der Waals surface area (Å²) in [4.78, 5) is 11.6. The summed E-state index contributed by atoms with van der Waals surface area (Å²) in [5.41, 5.74) is 1.86. The van der Waals surface area contributed by atoms with Crippen molar-refractivity contribution in [2.24, 2.45) is 5.92 Å². The van der Waals surface area contributed by atoms with Crippen LogP contribution < -0.4 is 9.47 Å². The molecular formula is C21H26O4. The van der Waals surface area contributed by atoms with E-state index in [-0.39, 0.29) is 12.4 Å². The fraction of sp³-hybridized carbons (Fsp3) is 0.381. The molecule has 0 saturated heterocycles. The third-order valence-corrected chi connectivity index (χ3v) is 3.80. The lowest BCUT2D eigenvalue weighted by Gasteiger charge is -2.14. The summed E-state index contributed by atoms with van der Waals surface area (Å²) in [6, 6.07) is 15.5. The van der Waals surface area contributed by atoms with Gasteiger partial charge < -0.3 is 14.2 Å². The van der Waals surface area contributed by atoms with E-state index in [9.17, 15) is 4.79 Å². The normalized spacial score (nSPS) is 10.6. The number of carbonyl (C=O) groups excluding carboxylic acids is 1. The number of rotatable bonds is 9. The largest absolute Gasteiger partial charge is 0.493 e. The fourth-order valence-corrected chi connectivity index (χ4v) is 2.28. The molecule has 4 heteroatoms. The molecule has 0 aromatic heterocycles. The highest BCUT2D eigenvalue weighted by atomic mass is 16.5. The molecule has 0 fully saturated rings. The molecule has 4 nitrogen and oxygen atoms in total. The van der Waals surface area contributed by atoms with E-state index < -0.39 is 0 Å². The maximum absolute atomic E-state index is 11.6. The Labute approximate surface area is 149 Å². The lowest BCUT2D eigenvalue weighted by molar-refractivity contribution is -0.139. The van der Waals surface area contributed by atoms with Crippen LogP contribution in [-0.2, 0) is 22.6 Å². The van der Waals surface area contributed by atoms with Gasteiger partial charge in [-0.05, 0) is 24.0 Å². The predicted molar refractivity (Wildman–Crippen MR) is 97.9 cm³/mol. The number of esters is 1. The maximum atomic E-state index is 11.6. The van der Waals surface area contributed by atoms with E-state index in [0.717, 1.165) is 23.3 Å². The Morgan fingerprint density at radius 2 is 1.80 bits per heavy atom. The van der Waals surface area contributed by atoms with Gasteiger partial charge in [0.25, 0.3) is 0 Å². The second kappa shape index (κ2) is 9.72. The van der Waals surface area contributed by atoms with E-state index in [1.54, 1.807) is 0 Å². The van der Waals surface area contributed by atoms with Gasteiger partial charge in [-0.3, -0.25) is 4.79 Å². The molecule has 0 radical (unpaired) electrons. The quantitative estimate of drug-likeness (QED) is 0.633. The Bertz CT molecular complexity index is 665. The Hall–Kier alpha value is -2.49. The number of hydrogen-bond acceptors (Lipinski definition) is 4. The Morgan fingerprint density at radius 3 is 2.48 bits per heavy atom. The minimum absolute atomic E-state index is 0.174. The van der Waals surface area contributed by atoms with Gasteiger partial charge in [0.15, 0.2) is 0 Å². The number of hydrogen-bond donors (Lipinski definition) is 0. The summed E-state index contributed by atoms with van der Waals surface area (Å²) in [6.45, 7) is 5.42. The van der Waals surface area contributed by atoms with Crippen molar-refractivity contribution in [3.8, 4) is 11.5 Å². The Morgan fingerprint density at radius 1 is 1.04 bits per heavy atom. The van der Waals surface area contributed by atoms with E-state index in [4.69, 9.17) is 14.2 Å². The van der Waals surface area contributed by atoms with Crippen molar-refractivity contribution < 1.29 is 19.0 Å². The van der Waals surface area contributed by atoms with Gasteiger partial charge in [0.1, 0.15) is 18.1 Å². The third-order valence-electron chi connectivity index (χ3n) is 3.80. The predicted octanol–water partition coefficient (Wildman–Crippen LogP) is 4.41. The molecular weight excluding hydrogens is 316 g/mol. The van der Waals surface area contributed by atoms with Crippen molar-refractivity contribution in [1.29, 1.82) is 0 Å². The van der Waals surface area contributed by atoms with Crippen LogP contribution in [0.15, 0.2) is 48.5 Å². The molecule has 0 saturated carbocycles. The molecule has 0 amide bonds. The van der Waals surface area contributed by atoms with E-state index >= 15 is 0 Å². The Balaban J connectivity index is 2.10. The number of benzene rings is 2. The molecule has 2 aromatic rings. The van der Waals surface area contributed by atoms with Gasteiger partial charge in [-0.2, -0.15) is 0 Å². The van der Waals surface area contributed by atoms with Crippen molar-refractivity contribution in [2.75, 3.05) is 13.7 Å². The van der Waals surface area contributed by atoms with Crippen LogP contribution in [0.3, 0.4) is 0 Å². The molecule has 0 aliphatic rings. The third kappa shape index (κ3) is 6.49. The van der Waals surface area contributed by atoms with Crippen LogP contribution in [0.5, 0.6) is 11.5 Å². The zero-order valence-corrected chi connectivity index (χ0v) is 15.2. The zero-order chi connectivity index (χ0) is 18.1. The lowest BCUT2D eigenvalue weighted by Crippen LogP contribution is -2.08. The van der Waals surface area contributed by atoms with Crippen molar-refractivity contribution in [3.05, 3.63) is 59.7 Å². The van der Waals surface area contributed by atoms with Crippen LogP contribution in [-0.4, -0.2) is 19.7 Å². The van der Waals surface area contributed by atoms with Gasteiger partial charge in [-0.25, -0.2) is 0 Å². The molecule has 0 bridgehead atoms. The first kappa shape index (κ1) is 18.8. The highest BCUT2D eigenvalue weighted by Crippen LogP contribution is 2.27. The molecule has 0 aliphatic heterocycles. The van der Waals surface area contributed by atoms with E-state index in [0.29, 0.717) is 24.9 Å². The molecule has 0 spiro atoms. The summed E-state index contributed by atoms with van der Waals surface area (Å²) < 4.78 is 16.5. The van der Waals surface area contributed by atoms with Crippen LogP contribution >= 0.6 is 0 Å². The first-order chi connectivity index (χ1) is 12.1. The molecule has 0 atom stereocenters. The van der Waals surface area contributed by atoms with Gasteiger partial charge in [0, 0.05) is 11.6 Å². The van der Waals surface area contributed by atoms with Gasteiger partial charge in [-0.1, -0.05) is 50.2 Å². The Kier molecular flexibility index (Phi) is 7.33. The first-order valence-corrected chi connectivity index (χ1v) is 8.57. The topological polar surface area (TPSA) is 44.8 Å². The highest BCUT2D eigenvalue weighted by molar-refractivity contribution is 5.73. The standard InChI is InChI=1S/C21H26O4/c1-16(2)11-12-24-19-10-9-18(13-21(22)23-3)20(14-19)25-15-17-7-5-4-6-8-17/h4-10,14,16H,11-13,15H2,1-3H3. The van der Waals surface area contributed by atoms with Crippen LogP contribution in [0.1, 0.15) is 31.4 Å². The fourth-order valence-electron chi connectivity index (χ4n) is 2.28. The summed E-state index contributed by atoms with van der Waals surface area (Å²) in [7, 11) is 1.39. The van der Waals surface area contributed by atoms with Gasteiger partial charge in [0.05, 0.1) is 20.1 Å². The summed E-state index contributed by atoms with van der Waals surface area (Å²) in [5, 5.41) is 0. The van der Waals surface area contributed by atoms with Crippen LogP contribution in [0, 0.1) is 5.92 Å². The monoisotopic (exact) mass is 342 g/mol. The summed E-state index contributed by atoms with van der Waals surface area (Å²) in [6.07, 6.45) is 1.16. The number of ether oxygens (including phenoxy) is 3. The summed E-state index contributed by atoms with van der Waals surface area (Å²) in [5.74, 6) is 1.69. The molecule has 0 aliphatic carbocycles. The molecule has 2 aromatic carbocycles. The molecule has 25 heavy (non-hydrogen) atoms. The minimum Gasteiger partial charge on any atom is -0.493 e. The van der Waals surface area contributed by atoms with Crippen LogP contribution in [0.2, 0.25) is 0 Å². The smallest absolute Gasteiger partial charge is 0.310 e. The van der Waals surface area contributed by atoms with Crippen LogP contribution in [0.25, 0.3) is 0 Å². The molecule has 0 N–H and O–H groups in total. The second-order valence-electron chi connectivity index (χ2n) is 6.33. The first-order valence-electron chi connectivity index (χ1n) is 8.57. The summed E-state index contributed by atoms with van der Waals surface area (Å²) >= 11 is 0. The zero-order valence-electron chi connectivity index (χ0n) is 15.2. The molecule has 2 rings (SSSR count). The van der Waals surface area contributed by atoms with E-state index in [1.807, 2.05) is 48.5 Å². The van der Waals surface area contributed by atoms with Crippen LogP contribution in [0.4, 0.5) is 0 Å². The van der Waals surface area contributed by atoms with Crippen molar-refractivity contribution in [1.82, 2.24) is 0 Å².